The first kappa shape index (κ1) is 34.8. The van der Waals surface area contributed by atoms with Gasteiger partial charge < -0.3 is 24.8 Å². The highest BCUT2D eigenvalue weighted by Crippen LogP contribution is 2.37. The molecule has 2 fully saturated rings. The summed E-state index contributed by atoms with van der Waals surface area (Å²) in [7, 11) is 1.49. The van der Waals surface area contributed by atoms with Crippen LogP contribution in [0.1, 0.15) is 56.1 Å². The van der Waals surface area contributed by atoms with Crippen LogP contribution in [0.3, 0.4) is 0 Å². The molecule has 12 nitrogen and oxygen atoms in total. The minimum Gasteiger partial charge on any atom is -0.467 e. The van der Waals surface area contributed by atoms with Gasteiger partial charge in [0, 0.05) is 61.1 Å². The maximum Gasteiger partial charge on any atom is 0.421 e. The van der Waals surface area contributed by atoms with Crippen LogP contribution >= 0.6 is 0 Å². The number of aliphatic hydroxyl groups is 1. The third-order valence-electron chi connectivity index (χ3n) is 9.01. The smallest absolute Gasteiger partial charge is 0.421 e. The lowest BCUT2D eigenvalue weighted by atomic mass is 9.90. The van der Waals surface area contributed by atoms with Crippen LogP contribution in [-0.2, 0) is 17.5 Å². The summed E-state index contributed by atoms with van der Waals surface area (Å²) in [5, 5.41) is 13.3. The van der Waals surface area contributed by atoms with E-state index in [1.807, 2.05) is 36.4 Å². The van der Waals surface area contributed by atoms with Crippen molar-refractivity contribution in [2.45, 2.75) is 75.9 Å². The van der Waals surface area contributed by atoms with Gasteiger partial charge in [-0.3, -0.25) is 4.90 Å². The van der Waals surface area contributed by atoms with Crippen LogP contribution in [-0.4, -0.2) is 74.5 Å². The average Bonchev–Trinajstić information content (AvgIpc) is 3.36. The Hall–Kier alpha value is -5.05. The monoisotopic (exact) mass is 692 g/mol. The number of rotatable bonds is 9. The molecule has 0 radical (unpaired) electrons. The Bertz CT molecular complexity index is 1710. The number of methoxy groups -OCH3 is 1. The first-order valence-electron chi connectivity index (χ1n) is 16.6. The maximum atomic E-state index is 13.9. The molecule has 264 valence electrons. The molecule has 50 heavy (non-hydrogen) atoms. The number of nitrogens with zero attached hydrogens (tertiary/aromatic N) is 7. The van der Waals surface area contributed by atoms with Gasteiger partial charge in [0.25, 0.3) is 0 Å². The summed E-state index contributed by atoms with van der Waals surface area (Å²) in [6, 6.07) is 12.9. The second-order valence-corrected chi connectivity index (χ2v) is 12.4. The van der Waals surface area contributed by atoms with Crippen LogP contribution in [0, 0.1) is 0 Å². The molecule has 1 saturated heterocycles. The number of halogens is 3. The highest BCUT2D eigenvalue weighted by Gasteiger charge is 2.38. The van der Waals surface area contributed by atoms with E-state index < -0.39 is 23.9 Å². The lowest BCUT2D eigenvalue weighted by Crippen LogP contribution is -2.45. The van der Waals surface area contributed by atoms with E-state index in [1.54, 1.807) is 34.5 Å². The highest BCUT2D eigenvalue weighted by molar-refractivity contribution is 5.87. The Morgan fingerprint density at radius 2 is 1.66 bits per heavy atom. The number of nitrogens with one attached hydrogen (secondary N) is 1. The standard InChI is InChI=1S/C35H39F3N8O4/c1-49-33-41-19-25(20-42-33)24-9-14-30(39-18-24)46(34(48)50-22-23-6-3-2-4-7-23)27-12-10-26(11-13-27)43-32-40-21-29(35(36,37)38)31(44-32)45-16-5-8-28(47)15-17-45/h2-4,6-7,9,14,18-21,26-28,47H,5,8,10-13,15-17,22H2,1H3,(H,40,43,44)/t26-,27-,28?. The molecule has 1 aliphatic carbocycles. The second kappa shape index (κ2) is 15.7. The summed E-state index contributed by atoms with van der Waals surface area (Å²) >= 11 is 0. The number of benzene rings is 1. The third-order valence-corrected chi connectivity index (χ3v) is 9.01. The molecular formula is C35H39F3N8O4. The molecule has 0 bridgehead atoms. The fraction of sp³-hybridized carbons (Fsp3) is 0.429. The van der Waals surface area contributed by atoms with Crippen LogP contribution < -0.4 is 19.9 Å². The van der Waals surface area contributed by atoms with Gasteiger partial charge in [-0.2, -0.15) is 18.2 Å². The number of pyridine rings is 1. The van der Waals surface area contributed by atoms with Crippen molar-refractivity contribution >= 4 is 23.7 Å². The molecule has 2 N–H and O–H groups in total. The average molecular weight is 693 g/mol. The van der Waals surface area contributed by atoms with Gasteiger partial charge in [0.1, 0.15) is 23.8 Å². The summed E-state index contributed by atoms with van der Waals surface area (Å²) in [5.41, 5.74) is 1.44. The molecular weight excluding hydrogens is 653 g/mol. The zero-order valence-electron chi connectivity index (χ0n) is 27.6. The van der Waals surface area contributed by atoms with Crippen LogP contribution in [0.4, 0.5) is 35.5 Å². The van der Waals surface area contributed by atoms with Crippen molar-refractivity contribution in [1.82, 2.24) is 24.9 Å². The Balaban J connectivity index is 1.16. The molecule has 1 aromatic carbocycles. The number of aliphatic hydroxyl groups excluding tert-OH is 1. The Labute approximate surface area is 287 Å². The molecule has 2 aliphatic rings. The van der Waals surface area contributed by atoms with Gasteiger partial charge in [-0.15, -0.1) is 0 Å². The van der Waals surface area contributed by atoms with E-state index in [9.17, 15) is 23.1 Å². The number of anilines is 3. The largest absolute Gasteiger partial charge is 0.467 e. The first-order chi connectivity index (χ1) is 24.2. The molecule has 4 heterocycles. The molecule has 0 spiro atoms. The van der Waals surface area contributed by atoms with Crippen LogP contribution in [0.5, 0.6) is 6.01 Å². The fourth-order valence-corrected chi connectivity index (χ4v) is 6.32. The van der Waals surface area contributed by atoms with Gasteiger partial charge in [0.15, 0.2) is 0 Å². The topological polar surface area (TPSA) is 139 Å². The van der Waals surface area contributed by atoms with Gasteiger partial charge in [-0.05, 0) is 62.6 Å². The molecule has 3 aromatic heterocycles. The van der Waals surface area contributed by atoms with Crippen LogP contribution in [0.2, 0.25) is 0 Å². The maximum absolute atomic E-state index is 13.9. The minimum absolute atomic E-state index is 0.0952. The normalized spacial score (nSPS) is 19.7. The summed E-state index contributed by atoms with van der Waals surface area (Å²) in [6.07, 6.45) is 3.85. The van der Waals surface area contributed by atoms with E-state index in [0.29, 0.717) is 57.3 Å². The number of aromatic nitrogens is 5. The lowest BCUT2D eigenvalue weighted by molar-refractivity contribution is -0.137. The third kappa shape index (κ3) is 8.56. The Morgan fingerprint density at radius 1 is 0.920 bits per heavy atom. The summed E-state index contributed by atoms with van der Waals surface area (Å²) in [6.45, 7) is 0.726. The molecule has 4 aromatic rings. The van der Waals surface area contributed by atoms with Gasteiger partial charge in [-0.25, -0.2) is 24.7 Å². The van der Waals surface area contributed by atoms with Crippen molar-refractivity contribution in [3.05, 3.63) is 78.4 Å². The lowest BCUT2D eigenvalue weighted by Gasteiger charge is -2.36. The molecule has 1 saturated carbocycles. The molecule has 6 rings (SSSR count). The minimum atomic E-state index is -4.62. The Kier molecular flexibility index (Phi) is 10.9. The fourth-order valence-electron chi connectivity index (χ4n) is 6.32. The SMILES string of the molecule is COc1ncc(-c2ccc(N(C(=O)OCc3ccccc3)[C@H]3CC[C@H](Nc4ncc(C(F)(F)F)c(N5CCCC(O)CC5)n4)CC3)nc2)cn1. The van der Waals surface area contributed by atoms with E-state index >= 15 is 0 Å². The van der Waals surface area contributed by atoms with Crippen molar-refractivity contribution in [3.8, 4) is 17.1 Å². The predicted molar refractivity (Wildman–Crippen MR) is 180 cm³/mol. The number of carbonyl (C=O) groups excluding carboxylic acids is 1. The zero-order valence-corrected chi connectivity index (χ0v) is 27.6. The molecule has 1 amide bonds. The van der Waals surface area contributed by atoms with Gasteiger partial charge in [0.05, 0.1) is 13.2 Å². The van der Waals surface area contributed by atoms with E-state index in [-0.39, 0.29) is 43.0 Å². The zero-order chi connectivity index (χ0) is 35.1. The number of alkyl halides is 3. The number of hydrogen-bond acceptors (Lipinski definition) is 11. The van der Waals surface area contributed by atoms with Crippen molar-refractivity contribution in [1.29, 1.82) is 0 Å². The number of carbonyl (C=O) groups is 1. The summed E-state index contributed by atoms with van der Waals surface area (Å²) in [5.74, 6) is 0.358. The van der Waals surface area contributed by atoms with Crippen LogP contribution in [0.25, 0.3) is 11.1 Å². The van der Waals surface area contributed by atoms with E-state index in [0.717, 1.165) is 22.9 Å². The van der Waals surface area contributed by atoms with Crippen molar-refractivity contribution in [3.63, 3.8) is 0 Å². The molecule has 1 unspecified atom stereocenters. The quantitative estimate of drug-likeness (QED) is 0.205. The van der Waals surface area contributed by atoms with E-state index in [4.69, 9.17) is 9.47 Å². The van der Waals surface area contributed by atoms with Gasteiger partial charge in [-0.1, -0.05) is 30.3 Å². The number of hydrogen-bond donors (Lipinski definition) is 2. The summed E-state index contributed by atoms with van der Waals surface area (Å²) < 4.78 is 52.6. The van der Waals surface area contributed by atoms with Crippen molar-refractivity contribution in [2.75, 3.05) is 35.3 Å². The van der Waals surface area contributed by atoms with E-state index in [2.05, 4.69) is 30.2 Å². The number of ether oxygens (including phenoxy) is 2. The molecule has 15 heteroatoms. The van der Waals surface area contributed by atoms with Gasteiger partial charge in [0.2, 0.25) is 5.95 Å². The Morgan fingerprint density at radius 3 is 2.34 bits per heavy atom. The number of amides is 1. The van der Waals surface area contributed by atoms with Crippen molar-refractivity contribution in [2.24, 2.45) is 0 Å². The van der Waals surface area contributed by atoms with Gasteiger partial charge >= 0.3 is 18.3 Å². The summed E-state index contributed by atoms with van der Waals surface area (Å²) in [4.78, 5) is 38.1. The molecule has 1 atom stereocenters. The molecule has 1 aliphatic heterocycles. The van der Waals surface area contributed by atoms with Crippen LogP contribution in [0.15, 0.2) is 67.3 Å². The predicted octanol–water partition coefficient (Wildman–Crippen LogP) is 6.27. The highest BCUT2D eigenvalue weighted by atomic mass is 19.4. The first-order valence-corrected chi connectivity index (χ1v) is 16.6. The van der Waals surface area contributed by atoms with Crippen molar-refractivity contribution < 1.29 is 32.5 Å². The second-order valence-electron chi connectivity index (χ2n) is 12.4. The van der Waals surface area contributed by atoms with E-state index in [1.165, 1.54) is 7.11 Å².